The van der Waals surface area contributed by atoms with E-state index in [4.69, 9.17) is 0 Å². The molecule has 148 valence electrons. The lowest BCUT2D eigenvalue weighted by atomic mass is 10.0. The Kier molecular flexibility index (Phi) is 6.09. The Labute approximate surface area is 152 Å². The van der Waals surface area contributed by atoms with Crippen LogP contribution in [0.1, 0.15) is 24.5 Å². The van der Waals surface area contributed by atoms with Gasteiger partial charge in [-0.05, 0) is 11.6 Å². The molecule has 0 radical (unpaired) electrons. The second-order valence-corrected chi connectivity index (χ2v) is 6.38. The highest BCUT2D eigenvalue weighted by atomic mass is 19.4. The first-order chi connectivity index (χ1) is 12.5. The van der Waals surface area contributed by atoms with Gasteiger partial charge in [-0.15, -0.1) is 0 Å². The second kappa shape index (κ2) is 7.95. The van der Waals surface area contributed by atoms with Gasteiger partial charge in [-0.1, -0.05) is 18.2 Å². The van der Waals surface area contributed by atoms with Crippen molar-refractivity contribution in [3.8, 4) is 0 Å². The summed E-state index contributed by atoms with van der Waals surface area (Å²) in [4.78, 5) is 36.5. The Morgan fingerprint density at radius 1 is 1.33 bits per heavy atom. The number of aliphatic carboxylic acids is 1. The summed E-state index contributed by atoms with van der Waals surface area (Å²) in [6, 6.07) is 1.67. The molecule has 1 heterocycles. The Balaban J connectivity index is 2.13. The fourth-order valence-electron chi connectivity index (χ4n) is 2.99. The maximum atomic E-state index is 12.8. The number of aliphatic hydroxyl groups excluding tert-OH is 1. The zero-order chi connectivity index (χ0) is 20.4. The monoisotopic (exact) mass is 388 g/mol. The molecule has 0 aliphatic carbocycles. The third kappa shape index (κ3) is 5.19. The van der Waals surface area contributed by atoms with Gasteiger partial charge in [0.2, 0.25) is 11.8 Å². The van der Waals surface area contributed by atoms with Crippen molar-refractivity contribution in [3.05, 3.63) is 35.4 Å². The van der Waals surface area contributed by atoms with Gasteiger partial charge < -0.3 is 20.4 Å². The maximum absolute atomic E-state index is 12.8. The van der Waals surface area contributed by atoms with E-state index in [0.717, 1.165) is 23.1 Å². The van der Waals surface area contributed by atoms with Crippen LogP contribution in [-0.4, -0.2) is 57.6 Å². The molecule has 0 bridgehead atoms. The van der Waals surface area contributed by atoms with E-state index in [9.17, 15) is 37.8 Å². The molecule has 3 N–H and O–H groups in total. The number of nitrogens with zero attached hydrogens (tertiary/aromatic N) is 1. The number of β-amino-alcohol motifs (C(OH)–C–C–N with tert-alkyl or cyclic N) is 1. The molecule has 27 heavy (non-hydrogen) atoms. The Morgan fingerprint density at radius 2 is 2.00 bits per heavy atom. The number of carboxylic acids is 1. The van der Waals surface area contributed by atoms with Crippen molar-refractivity contribution in [1.82, 2.24) is 10.2 Å². The van der Waals surface area contributed by atoms with Crippen molar-refractivity contribution in [3.63, 3.8) is 0 Å². The molecule has 0 spiro atoms. The fraction of sp³-hybridized carbons (Fsp3) is 0.471. The molecule has 1 aliphatic rings. The van der Waals surface area contributed by atoms with E-state index in [-0.39, 0.29) is 24.9 Å². The van der Waals surface area contributed by atoms with E-state index >= 15 is 0 Å². The second-order valence-electron chi connectivity index (χ2n) is 6.38. The number of rotatable bonds is 5. The standard InChI is InChI=1S/C17H19F3N2O5/c1-9(23)22-8-12(24)7-14(22)15(25)21-13(16(26)27)6-10-3-2-4-11(5-10)17(18,19)20/h2-5,12-14,24H,6-8H2,1H3,(H,21,25)(H,26,27)/t12-,13-,14+/m1/s1. The first-order valence-electron chi connectivity index (χ1n) is 8.13. The molecular formula is C17H19F3N2O5. The normalized spacial score (nSPS) is 21.0. The number of carbonyl (C=O) groups is 3. The zero-order valence-electron chi connectivity index (χ0n) is 14.4. The first-order valence-corrected chi connectivity index (χ1v) is 8.13. The van der Waals surface area contributed by atoms with Gasteiger partial charge in [-0.3, -0.25) is 9.59 Å². The van der Waals surface area contributed by atoms with E-state index in [1.165, 1.54) is 13.0 Å². The number of aliphatic hydroxyl groups is 1. The van der Waals surface area contributed by atoms with Crippen LogP contribution in [0.2, 0.25) is 0 Å². The summed E-state index contributed by atoms with van der Waals surface area (Å²) in [7, 11) is 0. The highest BCUT2D eigenvalue weighted by Crippen LogP contribution is 2.29. The third-order valence-corrected chi connectivity index (χ3v) is 4.29. The predicted molar refractivity (Wildman–Crippen MR) is 86.5 cm³/mol. The summed E-state index contributed by atoms with van der Waals surface area (Å²) < 4.78 is 38.4. The molecule has 2 amide bonds. The quantitative estimate of drug-likeness (QED) is 0.692. The molecule has 7 nitrogen and oxygen atoms in total. The molecule has 1 aliphatic heterocycles. The van der Waals surface area contributed by atoms with Crippen LogP contribution < -0.4 is 5.32 Å². The Bertz CT molecular complexity index is 738. The van der Waals surface area contributed by atoms with Crippen molar-refractivity contribution in [2.24, 2.45) is 0 Å². The minimum Gasteiger partial charge on any atom is -0.480 e. The molecule has 0 saturated carbocycles. The molecule has 2 rings (SSSR count). The lowest BCUT2D eigenvalue weighted by molar-refractivity contribution is -0.143. The molecule has 1 aromatic carbocycles. The molecule has 1 saturated heterocycles. The number of amides is 2. The van der Waals surface area contributed by atoms with Crippen molar-refractivity contribution >= 4 is 17.8 Å². The van der Waals surface area contributed by atoms with Crippen molar-refractivity contribution < 1.29 is 37.8 Å². The number of carboxylic acid groups (broad SMARTS) is 1. The molecule has 1 aromatic rings. The van der Waals surface area contributed by atoms with Gasteiger partial charge in [0, 0.05) is 26.3 Å². The minimum atomic E-state index is -4.57. The van der Waals surface area contributed by atoms with Crippen molar-refractivity contribution in [2.45, 2.75) is 44.1 Å². The van der Waals surface area contributed by atoms with Gasteiger partial charge in [0.15, 0.2) is 0 Å². The number of likely N-dealkylation sites (tertiary alicyclic amines) is 1. The molecular weight excluding hydrogens is 369 g/mol. The molecule has 0 aromatic heterocycles. The average molecular weight is 388 g/mol. The van der Waals surface area contributed by atoms with Gasteiger partial charge in [-0.2, -0.15) is 13.2 Å². The van der Waals surface area contributed by atoms with E-state index < -0.39 is 47.7 Å². The SMILES string of the molecule is CC(=O)N1C[C@H](O)C[C@H]1C(=O)N[C@H](Cc1cccc(C(F)(F)F)c1)C(=O)O. The summed E-state index contributed by atoms with van der Waals surface area (Å²) in [5.74, 6) is -2.65. The molecule has 0 unspecified atom stereocenters. The number of carbonyl (C=O) groups excluding carboxylic acids is 2. The van der Waals surface area contributed by atoms with E-state index in [1.807, 2.05) is 0 Å². The molecule has 10 heteroatoms. The van der Waals surface area contributed by atoms with Crippen molar-refractivity contribution in [2.75, 3.05) is 6.54 Å². The summed E-state index contributed by atoms with van der Waals surface area (Å²) in [6.07, 6.45) is -5.88. The van der Waals surface area contributed by atoms with Gasteiger partial charge >= 0.3 is 12.1 Å². The Morgan fingerprint density at radius 3 is 2.56 bits per heavy atom. The van der Waals surface area contributed by atoms with E-state index in [1.54, 1.807) is 0 Å². The summed E-state index contributed by atoms with van der Waals surface area (Å²) in [5, 5.41) is 21.2. The Hall–Kier alpha value is -2.62. The highest BCUT2D eigenvalue weighted by molar-refractivity contribution is 5.90. The number of benzene rings is 1. The predicted octanol–water partition coefficient (Wildman–Crippen LogP) is 0.799. The van der Waals surface area contributed by atoms with Gasteiger partial charge in [0.1, 0.15) is 12.1 Å². The summed E-state index contributed by atoms with van der Waals surface area (Å²) in [5.41, 5.74) is -0.829. The van der Waals surface area contributed by atoms with Gasteiger partial charge in [0.25, 0.3) is 0 Å². The molecule has 3 atom stereocenters. The average Bonchev–Trinajstić information content (AvgIpc) is 2.96. The van der Waals surface area contributed by atoms with E-state index in [2.05, 4.69) is 5.32 Å². The summed E-state index contributed by atoms with van der Waals surface area (Å²) >= 11 is 0. The van der Waals surface area contributed by atoms with Gasteiger partial charge in [0.05, 0.1) is 11.7 Å². The van der Waals surface area contributed by atoms with Crippen LogP contribution in [0.25, 0.3) is 0 Å². The lowest BCUT2D eigenvalue weighted by Crippen LogP contribution is -2.51. The van der Waals surface area contributed by atoms with Crippen molar-refractivity contribution in [1.29, 1.82) is 0 Å². The van der Waals surface area contributed by atoms with Crippen LogP contribution in [-0.2, 0) is 27.0 Å². The van der Waals surface area contributed by atoms with Crippen LogP contribution in [0.15, 0.2) is 24.3 Å². The first kappa shape index (κ1) is 20.7. The minimum absolute atomic E-state index is 0.0404. The topological polar surface area (TPSA) is 107 Å². The molecule has 1 fully saturated rings. The van der Waals surface area contributed by atoms with E-state index in [0.29, 0.717) is 0 Å². The van der Waals surface area contributed by atoms with Crippen LogP contribution in [0.5, 0.6) is 0 Å². The number of halogens is 3. The smallest absolute Gasteiger partial charge is 0.416 e. The summed E-state index contributed by atoms with van der Waals surface area (Å²) in [6.45, 7) is 1.18. The fourth-order valence-corrected chi connectivity index (χ4v) is 2.99. The third-order valence-electron chi connectivity index (χ3n) is 4.29. The number of alkyl halides is 3. The number of hydrogen-bond acceptors (Lipinski definition) is 4. The lowest BCUT2D eigenvalue weighted by Gasteiger charge is -2.24. The van der Waals surface area contributed by atoms with Gasteiger partial charge in [-0.25, -0.2) is 4.79 Å². The zero-order valence-corrected chi connectivity index (χ0v) is 14.4. The largest absolute Gasteiger partial charge is 0.480 e. The van der Waals surface area contributed by atoms with Crippen LogP contribution in [0, 0.1) is 0 Å². The van der Waals surface area contributed by atoms with Crippen LogP contribution in [0.4, 0.5) is 13.2 Å². The maximum Gasteiger partial charge on any atom is 0.416 e. The number of hydrogen-bond donors (Lipinski definition) is 3. The van der Waals surface area contributed by atoms with Crippen LogP contribution >= 0.6 is 0 Å². The number of nitrogens with one attached hydrogen (secondary N) is 1. The highest BCUT2D eigenvalue weighted by Gasteiger charge is 2.39. The van der Waals surface area contributed by atoms with Crippen LogP contribution in [0.3, 0.4) is 0 Å².